The van der Waals surface area contributed by atoms with Gasteiger partial charge in [0.25, 0.3) is 11.6 Å². The van der Waals surface area contributed by atoms with Gasteiger partial charge >= 0.3 is 0 Å². The fourth-order valence-corrected chi connectivity index (χ4v) is 3.19. The Morgan fingerprint density at radius 1 is 1.07 bits per heavy atom. The number of anilines is 2. The second-order valence-corrected chi connectivity index (χ2v) is 6.99. The van der Waals surface area contributed by atoms with E-state index in [1.807, 2.05) is 36.4 Å². The number of rotatable bonds is 5. The second kappa shape index (κ2) is 7.67. The fraction of sp³-hybridized carbons (Fsp3) is 0.0909. The van der Waals surface area contributed by atoms with E-state index < -0.39 is 10.8 Å². The first-order valence-electron chi connectivity index (χ1n) is 9.24. The summed E-state index contributed by atoms with van der Waals surface area (Å²) in [4.78, 5) is 32.9. The summed E-state index contributed by atoms with van der Waals surface area (Å²) in [6, 6.07) is 19.4. The molecule has 150 valence electrons. The summed E-state index contributed by atoms with van der Waals surface area (Å²) < 4.78 is 0. The quantitative estimate of drug-likeness (QED) is 0.380. The number of amides is 1. The molecule has 4 aromatic rings. The third kappa shape index (κ3) is 3.70. The third-order valence-corrected chi connectivity index (χ3v) is 4.72. The molecule has 30 heavy (non-hydrogen) atoms. The second-order valence-electron chi connectivity index (χ2n) is 6.99. The van der Waals surface area contributed by atoms with Crippen LogP contribution < -0.4 is 10.2 Å². The number of aromatic nitrogens is 2. The van der Waals surface area contributed by atoms with Crippen molar-refractivity contribution in [1.82, 2.24) is 9.97 Å². The van der Waals surface area contributed by atoms with E-state index in [2.05, 4.69) is 15.3 Å². The number of nitrogens with zero attached hydrogens (tertiary/aromatic N) is 3. The number of aromatic amines is 1. The Labute approximate surface area is 172 Å². The van der Waals surface area contributed by atoms with E-state index in [9.17, 15) is 14.9 Å². The lowest BCUT2D eigenvalue weighted by Crippen LogP contribution is -2.15. The number of para-hydroxylation sites is 2. The molecule has 0 aliphatic rings. The van der Waals surface area contributed by atoms with E-state index in [1.165, 1.54) is 6.07 Å². The van der Waals surface area contributed by atoms with Crippen LogP contribution in [0.3, 0.4) is 0 Å². The van der Waals surface area contributed by atoms with Crippen LogP contribution >= 0.6 is 0 Å². The van der Waals surface area contributed by atoms with Crippen molar-refractivity contribution in [2.75, 3.05) is 24.3 Å². The summed E-state index contributed by atoms with van der Waals surface area (Å²) in [6.45, 7) is 0. The predicted octanol–water partition coefficient (Wildman–Crippen LogP) is 4.46. The fourth-order valence-electron chi connectivity index (χ4n) is 3.19. The molecule has 8 nitrogen and oxygen atoms in total. The van der Waals surface area contributed by atoms with Gasteiger partial charge in [-0.2, -0.15) is 0 Å². The average Bonchev–Trinajstić information content (AvgIpc) is 3.18. The van der Waals surface area contributed by atoms with Crippen LogP contribution in [0, 0.1) is 10.1 Å². The third-order valence-electron chi connectivity index (χ3n) is 4.72. The molecule has 3 aromatic carbocycles. The van der Waals surface area contributed by atoms with E-state index >= 15 is 0 Å². The van der Waals surface area contributed by atoms with Crippen molar-refractivity contribution in [3.8, 4) is 11.4 Å². The molecule has 0 saturated heterocycles. The topological polar surface area (TPSA) is 104 Å². The summed E-state index contributed by atoms with van der Waals surface area (Å²) in [7, 11) is 3.43. The van der Waals surface area contributed by atoms with Gasteiger partial charge in [-0.15, -0.1) is 0 Å². The molecule has 0 aliphatic heterocycles. The molecular formula is C22H19N5O3. The number of benzene rings is 3. The highest BCUT2D eigenvalue weighted by molar-refractivity contribution is 6.05. The van der Waals surface area contributed by atoms with Crippen LogP contribution in [0.5, 0.6) is 0 Å². The highest BCUT2D eigenvalue weighted by Crippen LogP contribution is 2.28. The van der Waals surface area contributed by atoms with Crippen molar-refractivity contribution in [3.05, 3.63) is 82.4 Å². The normalized spacial score (nSPS) is 10.7. The molecular weight excluding hydrogens is 382 g/mol. The SMILES string of the molecule is CN(C)c1ccc(C(=O)Nc2ccc(-c3nc4ccccc4[nH]3)cc2)cc1[N+](=O)[O-]. The number of hydrogen-bond acceptors (Lipinski definition) is 5. The smallest absolute Gasteiger partial charge is 0.293 e. The van der Waals surface area contributed by atoms with Crippen molar-refractivity contribution in [2.24, 2.45) is 0 Å². The summed E-state index contributed by atoms with van der Waals surface area (Å²) in [5, 5.41) is 14.1. The molecule has 0 spiro atoms. The van der Waals surface area contributed by atoms with Gasteiger partial charge in [0.15, 0.2) is 0 Å². The molecule has 0 saturated carbocycles. The van der Waals surface area contributed by atoms with Crippen molar-refractivity contribution >= 4 is 34.0 Å². The number of nitro groups is 1. The minimum absolute atomic E-state index is 0.118. The zero-order chi connectivity index (χ0) is 21.3. The van der Waals surface area contributed by atoms with Gasteiger partial charge in [0.05, 0.1) is 16.0 Å². The van der Waals surface area contributed by atoms with Gasteiger partial charge < -0.3 is 15.2 Å². The van der Waals surface area contributed by atoms with E-state index in [0.717, 1.165) is 22.4 Å². The van der Waals surface area contributed by atoms with E-state index in [-0.39, 0.29) is 11.3 Å². The van der Waals surface area contributed by atoms with Crippen LogP contribution in [-0.2, 0) is 0 Å². The van der Waals surface area contributed by atoms with Crippen LogP contribution in [0.25, 0.3) is 22.4 Å². The van der Waals surface area contributed by atoms with Crippen LogP contribution in [0.15, 0.2) is 66.7 Å². The zero-order valence-corrected chi connectivity index (χ0v) is 16.4. The summed E-state index contributed by atoms with van der Waals surface area (Å²) in [6.07, 6.45) is 0. The number of nitrogens with one attached hydrogen (secondary N) is 2. The van der Waals surface area contributed by atoms with Gasteiger partial charge in [0, 0.05) is 37.0 Å². The van der Waals surface area contributed by atoms with Crippen molar-refractivity contribution in [1.29, 1.82) is 0 Å². The molecule has 0 atom stereocenters. The maximum atomic E-state index is 12.6. The first-order chi connectivity index (χ1) is 14.4. The number of carbonyl (C=O) groups excluding carboxylic acids is 1. The molecule has 1 heterocycles. The standard InChI is InChI=1S/C22H19N5O3/c1-26(2)19-12-9-15(13-20(19)27(29)30)22(28)23-16-10-7-14(8-11-16)21-24-17-5-3-4-6-18(17)25-21/h3-13H,1-2H3,(H,23,28)(H,24,25). The molecule has 8 heteroatoms. The minimum atomic E-state index is -0.492. The molecule has 2 N–H and O–H groups in total. The summed E-state index contributed by atoms with van der Waals surface area (Å²) >= 11 is 0. The first kappa shape index (κ1) is 19.1. The van der Waals surface area contributed by atoms with Gasteiger partial charge in [-0.3, -0.25) is 14.9 Å². The van der Waals surface area contributed by atoms with Gasteiger partial charge in [-0.1, -0.05) is 12.1 Å². The Morgan fingerprint density at radius 2 is 1.80 bits per heavy atom. The molecule has 1 aromatic heterocycles. The Bertz CT molecular complexity index is 1210. The molecule has 1 amide bonds. The number of fused-ring (bicyclic) bond motifs is 1. The molecule has 0 bridgehead atoms. The van der Waals surface area contributed by atoms with Crippen molar-refractivity contribution in [3.63, 3.8) is 0 Å². The number of hydrogen-bond donors (Lipinski definition) is 2. The van der Waals surface area contributed by atoms with E-state index in [0.29, 0.717) is 11.4 Å². The van der Waals surface area contributed by atoms with Gasteiger partial charge in [0.1, 0.15) is 11.5 Å². The van der Waals surface area contributed by atoms with Gasteiger partial charge in [-0.05, 0) is 48.5 Å². The number of H-pyrrole nitrogens is 1. The summed E-state index contributed by atoms with van der Waals surface area (Å²) in [5.41, 5.74) is 3.84. The lowest BCUT2D eigenvalue weighted by atomic mass is 10.1. The van der Waals surface area contributed by atoms with Crippen molar-refractivity contribution < 1.29 is 9.72 Å². The van der Waals surface area contributed by atoms with Crippen LogP contribution in [0.1, 0.15) is 10.4 Å². The summed E-state index contributed by atoms with van der Waals surface area (Å²) in [5.74, 6) is 0.323. The average molecular weight is 401 g/mol. The van der Waals surface area contributed by atoms with Crippen LogP contribution in [0.2, 0.25) is 0 Å². The first-order valence-corrected chi connectivity index (χ1v) is 9.24. The molecule has 0 radical (unpaired) electrons. The zero-order valence-electron chi connectivity index (χ0n) is 16.4. The lowest BCUT2D eigenvalue weighted by Gasteiger charge is -2.13. The molecule has 0 aliphatic carbocycles. The van der Waals surface area contributed by atoms with Gasteiger partial charge in [-0.25, -0.2) is 4.98 Å². The molecule has 0 unspecified atom stereocenters. The number of carbonyl (C=O) groups is 1. The Balaban J connectivity index is 1.54. The van der Waals surface area contributed by atoms with Crippen LogP contribution in [0.4, 0.5) is 17.1 Å². The highest BCUT2D eigenvalue weighted by Gasteiger charge is 2.19. The maximum absolute atomic E-state index is 12.6. The molecule has 0 fully saturated rings. The lowest BCUT2D eigenvalue weighted by molar-refractivity contribution is -0.384. The monoisotopic (exact) mass is 401 g/mol. The number of nitro benzene ring substituents is 1. The molecule has 4 rings (SSSR count). The van der Waals surface area contributed by atoms with Crippen LogP contribution in [-0.4, -0.2) is 34.9 Å². The Morgan fingerprint density at radius 3 is 2.47 bits per heavy atom. The van der Waals surface area contributed by atoms with Gasteiger partial charge in [0.2, 0.25) is 0 Å². The van der Waals surface area contributed by atoms with Crippen molar-refractivity contribution in [2.45, 2.75) is 0 Å². The maximum Gasteiger partial charge on any atom is 0.293 e. The Hall–Kier alpha value is -4.20. The van der Waals surface area contributed by atoms with E-state index in [1.54, 1.807) is 43.3 Å². The Kier molecular flexibility index (Phi) is 4.89. The number of imidazole rings is 1. The van der Waals surface area contributed by atoms with E-state index in [4.69, 9.17) is 0 Å². The largest absolute Gasteiger partial charge is 0.372 e. The predicted molar refractivity (Wildman–Crippen MR) is 117 cm³/mol. The minimum Gasteiger partial charge on any atom is -0.372 e. The highest BCUT2D eigenvalue weighted by atomic mass is 16.6.